The first-order valence-corrected chi connectivity index (χ1v) is 10.9. The Labute approximate surface area is 195 Å². The van der Waals surface area contributed by atoms with Gasteiger partial charge in [-0.2, -0.15) is 0 Å². The van der Waals surface area contributed by atoms with Crippen LogP contribution >= 0.6 is 12.4 Å². The first kappa shape index (κ1) is 24.4. The Morgan fingerprint density at radius 1 is 0.875 bits per heavy atom. The zero-order valence-corrected chi connectivity index (χ0v) is 19.1. The van der Waals surface area contributed by atoms with Gasteiger partial charge in [-0.1, -0.05) is 36.4 Å². The zero-order valence-electron chi connectivity index (χ0n) is 18.2. The molecule has 6 nitrogen and oxygen atoms in total. The van der Waals surface area contributed by atoms with Crippen molar-refractivity contribution in [1.29, 1.82) is 0 Å². The molecule has 0 spiro atoms. The molecule has 32 heavy (non-hydrogen) atoms. The van der Waals surface area contributed by atoms with Crippen LogP contribution in [0.1, 0.15) is 27.0 Å². The molecule has 0 radical (unpaired) electrons. The van der Waals surface area contributed by atoms with Gasteiger partial charge in [0, 0.05) is 56.0 Å². The molecular formula is C25H31ClN2O4. The molecule has 0 unspecified atom stereocenters. The molecule has 2 heterocycles. The van der Waals surface area contributed by atoms with Crippen molar-refractivity contribution in [2.75, 3.05) is 52.6 Å². The minimum Gasteiger partial charge on any atom is -0.507 e. The molecule has 4 rings (SSSR count). The molecule has 172 valence electrons. The summed E-state index contributed by atoms with van der Waals surface area (Å²) in [6.07, 6.45) is 3.44. The predicted molar refractivity (Wildman–Crippen MR) is 127 cm³/mol. The number of hydrogen-bond acceptors (Lipinski definition) is 6. The molecule has 2 aromatic carbocycles. The maximum atomic E-state index is 13.0. The fourth-order valence-electron chi connectivity index (χ4n) is 3.98. The third kappa shape index (κ3) is 6.64. The molecule has 2 saturated heterocycles. The van der Waals surface area contributed by atoms with Crippen molar-refractivity contribution in [3.63, 3.8) is 0 Å². The highest BCUT2D eigenvalue weighted by molar-refractivity contribution is 6.07. The van der Waals surface area contributed by atoms with Gasteiger partial charge in [-0.3, -0.25) is 14.6 Å². The van der Waals surface area contributed by atoms with Crippen molar-refractivity contribution < 1.29 is 19.4 Å². The van der Waals surface area contributed by atoms with E-state index in [0.717, 1.165) is 42.9 Å². The number of rotatable bonds is 7. The Balaban J connectivity index is 0.00000289. The van der Waals surface area contributed by atoms with Gasteiger partial charge in [-0.05, 0) is 23.8 Å². The van der Waals surface area contributed by atoms with Crippen LogP contribution in [0.2, 0.25) is 0 Å². The van der Waals surface area contributed by atoms with E-state index in [0.29, 0.717) is 50.8 Å². The summed E-state index contributed by atoms with van der Waals surface area (Å²) in [4.78, 5) is 17.5. The van der Waals surface area contributed by atoms with Crippen LogP contribution in [0.15, 0.2) is 48.5 Å². The molecule has 2 aliphatic heterocycles. The highest BCUT2D eigenvalue weighted by atomic mass is 35.5. The maximum absolute atomic E-state index is 13.0. The lowest BCUT2D eigenvalue weighted by atomic mass is 9.99. The molecule has 0 bridgehead atoms. The average Bonchev–Trinajstić information content (AvgIpc) is 2.82. The van der Waals surface area contributed by atoms with Crippen LogP contribution < -0.4 is 0 Å². The smallest absolute Gasteiger partial charge is 0.185 e. The molecule has 0 aliphatic carbocycles. The van der Waals surface area contributed by atoms with Gasteiger partial charge in [-0.15, -0.1) is 12.4 Å². The first-order chi connectivity index (χ1) is 15.2. The fraction of sp³-hybridized carbons (Fsp3) is 0.400. The number of aromatic hydroxyl groups is 1. The van der Waals surface area contributed by atoms with Gasteiger partial charge < -0.3 is 14.6 Å². The van der Waals surface area contributed by atoms with Gasteiger partial charge in [0.25, 0.3) is 0 Å². The van der Waals surface area contributed by atoms with Gasteiger partial charge in [0.2, 0.25) is 0 Å². The normalized spacial score (nSPS) is 17.9. The lowest BCUT2D eigenvalue weighted by molar-refractivity contribution is 0.0327. The number of carbonyl (C=O) groups is 1. The highest BCUT2D eigenvalue weighted by Gasteiger charge is 2.20. The van der Waals surface area contributed by atoms with Crippen LogP contribution in [0.5, 0.6) is 5.75 Å². The number of nitrogens with zero attached hydrogens (tertiary/aromatic N) is 2. The second-order valence-electron chi connectivity index (χ2n) is 8.03. The average molecular weight is 459 g/mol. The number of benzene rings is 2. The molecule has 2 aromatic rings. The van der Waals surface area contributed by atoms with E-state index < -0.39 is 0 Å². The zero-order chi connectivity index (χ0) is 21.5. The summed E-state index contributed by atoms with van der Waals surface area (Å²) in [5.74, 6) is 0.233. The van der Waals surface area contributed by atoms with E-state index in [9.17, 15) is 9.90 Å². The summed E-state index contributed by atoms with van der Waals surface area (Å²) >= 11 is 0. The predicted octanol–water partition coefficient (Wildman–Crippen LogP) is 3.37. The van der Waals surface area contributed by atoms with E-state index in [1.54, 1.807) is 6.08 Å². The fourth-order valence-corrected chi connectivity index (χ4v) is 3.98. The molecule has 0 aromatic heterocycles. The number of phenolic OH excluding ortho intramolecular Hbond substituents is 1. The standard InChI is InChI=1S/C25H30N2O4.ClH/c28-24(7-6-20-4-2-1-3-5-20)21-16-22(18-26-8-12-30-13-9-26)25(29)23(17-21)19-27-10-14-31-15-11-27;/h1-7,16-17,29H,8-15,18-19H2;1H. The topological polar surface area (TPSA) is 62.2 Å². The quantitative estimate of drug-likeness (QED) is 0.507. The lowest BCUT2D eigenvalue weighted by Crippen LogP contribution is -2.36. The van der Waals surface area contributed by atoms with E-state index in [2.05, 4.69) is 9.80 Å². The number of ketones is 1. The minimum absolute atomic E-state index is 0. The van der Waals surface area contributed by atoms with Crippen molar-refractivity contribution in [1.82, 2.24) is 9.80 Å². The highest BCUT2D eigenvalue weighted by Crippen LogP contribution is 2.28. The molecule has 0 saturated carbocycles. The van der Waals surface area contributed by atoms with E-state index in [1.165, 1.54) is 0 Å². The monoisotopic (exact) mass is 458 g/mol. The Morgan fingerprint density at radius 3 is 1.88 bits per heavy atom. The van der Waals surface area contributed by atoms with Crippen molar-refractivity contribution in [2.24, 2.45) is 0 Å². The van der Waals surface area contributed by atoms with Gasteiger partial charge in [0.05, 0.1) is 26.4 Å². The van der Waals surface area contributed by atoms with Gasteiger partial charge in [0.15, 0.2) is 5.78 Å². The first-order valence-electron chi connectivity index (χ1n) is 10.9. The Hall–Kier alpha value is -2.22. The Bertz CT molecular complexity index is 866. The van der Waals surface area contributed by atoms with Gasteiger partial charge >= 0.3 is 0 Å². The Morgan fingerprint density at radius 2 is 1.38 bits per heavy atom. The van der Waals surface area contributed by atoms with Crippen molar-refractivity contribution in [3.05, 3.63) is 70.8 Å². The van der Waals surface area contributed by atoms with Gasteiger partial charge in [-0.25, -0.2) is 0 Å². The number of phenols is 1. The number of ether oxygens (including phenoxy) is 2. The lowest BCUT2D eigenvalue weighted by Gasteiger charge is -2.29. The number of hydrogen-bond donors (Lipinski definition) is 1. The van der Waals surface area contributed by atoms with Crippen LogP contribution in [-0.2, 0) is 22.6 Å². The summed E-state index contributed by atoms with van der Waals surface area (Å²) in [6, 6.07) is 13.5. The summed E-state index contributed by atoms with van der Waals surface area (Å²) in [7, 11) is 0. The third-order valence-corrected chi connectivity index (χ3v) is 5.77. The number of halogens is 1. The second kappa shape index (κ2) is 12.1. The van der Waals surface area contributed by atoms with Crippen LogP contribution in [0, 0.1) is 0 Å². The summed E-state index contributed by atoms with van der Waals surface area (Å²) < 4.78 is 10.9. The molecule has 7 heteroatoms. The second-order valence-corrected chi connectivity index (χ2v) is 8.03. The van der Waals surface area contributed by atoms with E-state index in [-0.39, 0.29) is 18.2 Å². The Kier molecular flexibility index (Phi) is 9.26. The van der Waals surface area contributed by atoms with Crippen LogP contribution in [0.3, 0.4) is 0 Å². The molecular weight excluding hydrogens is 428 g/mol. The summed E-state index contributed by atoms with van der Waals surface area (Å²) in [5, 5.41) is 11.0. The third-order valence-electron chi connectivity index (χ3n) is 5.77. The van der Waals surface area contributed by atoms with Crippen molar-refractivity contribution in [3.8, 4) is 5.75 Å². The maximum Gasteiger partial charge on any atom is 0.185 e. The van der Waals surface area contributed by atoms with E-state index in [4.69, 9.17) is 9.47 Å². The molecule has 2 aliphatic rings. The molecule has 0 amide bonds. The van der Waals surface area contributed by atoms with Crippen LogP contribution in [0.4, 0.5) is 0 Å². The molecule has 1 N–H and O–H groups in total. The van der Waals surface area contributed by atoms with Crippen LogP contribution in [0.25, 0.3) is 6.08 Å². The van der Waals surface area contributed by atoms with Crippen LogP contribution in [-0.4, -0.2) is 73.3 Å². The van der Waals surface area contributed by atoms with Crippen molar-refractivity contribution >= 4 is 24.3 Å². The van der Waals surface area contributed by atoms with E-state index >= 15 is 0 Å². The largest absolute Gasteiger partial charge is 0.507 e. The SMILES string of the molecule is Cl.O=C(C=Cc1ccccc1)c1cc(CN2CCOCC2)c(O)c(CN2CCOCC2)c1. The summed E-state index contributed by atoms with van der Waals surface area (Å²) in [5.41, 5.74) is 3.18. The number of allylic oxidation sites excluding steroid dienone is 1. The number of morpholine rings is 2. The van der Waals surface area contributed by atoms with Crippen molar-refractivity contribution in [2.45, 2.75) is 13.1 Å². The summed E-state index contributed by atoms with van der Waals surface area (Å²) in [6.45, 7) is 7.28. The number of carbonyl (C=O) groups excluding carboxylic acids is 1. The van der Waals surface area contributed by atoms with E-state index in [1.807, 2.05) is 48.5 Å². The van der Waals surface area contributed by atoms with Gasteiger partial charge in [0.1, 0.15) is 5.75 Å². The molecule has 0 atom stereocenters. The molecule has 2 fully saturated rings. The minimum atomic E-state index is -0.0599.